The average molecular weight is 433 g/mol. The molecule has 0 saturated heterocycles. The summed E-state index contributed by atoms with van der Waals surface area (Å²) < 4.78 is 6.89. The van der Waals surface area contributed by atoms with Crippen LogP contribution in [0.3, 0.4) is 0 Å². The van der Waals surface area contributed by atoms with E-state index in [1.807, 2.05) is 32.9 Å². The number of hydrogen-bond acceptors (Lipinski definition) is 7. The maximum Gasteiger partial charge on any atom is 0.267 e. The second-order valence-corrected chi connectivity index (χ2v) is 8.80. The summed E-state index contributed by atoms with van der Waals surface area (Å²) in [7, 11) is 0. The fraction of sp³-hybridized carbons (Fsp3) is 0.263. The largest absolute Gasteiger partial charge is 0.338 e. The van der Waals surface area contributed by atoms with Crippen LogP contribution in [0, 0.1) is 13.8 Å². The van der Waals surface area contributed by atoms with Crippen molar-refractivity contribution in [3.8, 4) is 5.69 Å². The van der Waals surface area contributed by atoms with Crippen molar-refractivity contribution < 1.29 is 4.52 Å². The summed E-state index contributed by atoms with van der Waals surface area (Å²) in [5.74, 6) is 1.61. The third kappa shape index (κ3) is 3.47. The molecule has 144 valence electrons. The summed E-state index contributed by atoms with van der Waals surface area (Å²) in [6.07, 6.45) is 0.710. The van der Waals surface area contributed by atoms with Gasteiger partial charge >= 0.3 is 0 Å². The van der Waals surface area contributed by atoms with Crippen LogP contribution in [-0.4, -0.2) is 19.7 Å². The van der Waals surface area contributed by atoms with E-state index in [0.717, 1.165) is 15.3 Å². The van der Waals surface area contributed by atoms with Gasteiger partial charge in [0.05, 0.1) is 16.8 Å². The Kier molecular flexibility index (Phi) is 5.27. The average Bonchev–Trinajstić information content (AvgIpc) is 3.25. The third-order valence-corrected chi connectivity index (χ3v) is 6.68. The molecule has 1 aromatic carbocycles. The topological polar surface area (TPSA) is 73.8 Å². The van der Waals surface area contributed by atoms with E-state index in [4.69, 9.17) is 21.1 Å². The molecule has 28 heavy (non-hydrogen) atoms. The number of hydrogen-bond donors (Lipinski definition) is 0. The van der Waals surface area contributed by atoms with Gasteiger partial charge in [0, 0.05) is 16.3 Å². The number of thioether (sulfide) groups is 1. The number of aromatic nitrogens is 4. The summed E-state index contributed by atoms with van der Waals surface area (Å²) in [4.78, 5) is 24.3. The Bertz CT molecular complexity index is 1210. The lowest BCUT2D eigenvalue weighted by molar-refractivity contribution is 0.385. The molecule has 0 aliphatic heterocycles. The zero-order valence-corrected chi connectivity index (χ0v) is 17.9. The number of halogens is 1. The molecule has 0 radical (unpaired) electrons. The van der Waals surface area contributed by atoms with E-state index in [-0.39, 0.29) is 5.56 Å². The number of aryl methyl sites for hydroxylation is 3. The zero-order chi connectivity index (χ0) is 19.8. The van der Waals surface area contributed by atoms with Crippen LogP contribution in [0.25, 0.3) is 15.9 Å². The van der Waals surface area contributed by atoms with Crippen LogP contribution in [-0.2, 0) is 12.2 Å². The minimum Gasteiger partial charge on any atom is -0.338 e. The smallest absolute Gasteiger partial charge is 0.267 e. The van der Waals surface area contributed by atoms with Gasteiger partial charge < -0.3 is 4.52 Å². The first-order valence-corrected chi connectivity index (χ1v) is 10.9. The number of nitrogens with zero attached hydrogens (tertiary/aromatic N) is 4. The minimum absolute atomic E-state index is 0.0866. The molecule has 0 unspecified atom stereocenters. The van der Waals surface area contributed by atoms with Gasteiger partial charge in [-0.1, -0.05) is 35.4 Å². The van der Waals surface area contributed by atoms with Crippen LogP contribution in [0.2, 0.25) is 5.02 Å². The van der Waals surface area contributed by atoms with Crippen molar-refractivity contribution in [1.29, 1.82) is 0 Å². The molecule has 4 rings (SSSR count). The third-order valence-electron chi connectivity index (χ3n) is 4.41. The van der Waals surface area contributed by atoms with Crippen molar-refractivity contribution in [1.82, 2.24) is 19.7 Å². The molecule has 0 aliphatic carbocycles. The van der Waals surface area contributed by atoms with E-state index >= 15 is 0 Å². The highest BCUT2D eigenvalue weighted by atomic mass is 35.5. The first-order valence-electron chi connectivity index (χ1n) is 8.71. The van der Waals surface area contributed by atoms with Gasteiger partial charge in [-0.15, -0.1) is 11.3 Å². The molecule has 6 nitrogen and oxygen atoms in total. The standard InChI is InChI=1S/C19H17ClN4O2S2/c1-4-14-21-15(26-23-14)9-27-19-22-17-16(10(2)11(3)28-17)18(25)24(19)13-7-5-12(20)6-8-13/h5-8H,4,9H2,1-3H3. The minimum atomic E-state index is -0.0866. The first-order chi connectivity index (χ1) is 13.5. The summed E-state index contributed by atoms with van der Waals surface area (Å²) in [5.41, 5.74) is 1.60. The van der Waals surface area contributed by atoms with E-state index in [0.29, 0.717) is 45.1 Å². The summed E-state index contributed by atoms with van der Waals surface area (Å²) in [6, 6.07) is 7.16. The number of benzene rings is 1. The molecule has 3 aromatic heterocycles. The Morgan fingerprint density at radius 3 is 2.64 bits per heavy atom. The normalized spacial score (nSPS) is 11.4. The van der Waals surface area contributed by atoms with Crippen LogP contribution < -0.4 is 5.56 Å². The molecule has 0 N–H and O–H groups in total. The molecule has 0 aliphatic rings. The van der Waals surface area contributed by atoms with Crippen molar-refractivity contribution in [2.75, 3.05) is 0 Å². The quantitative estimate of drug-likeness (QED) is 0.328. The molecule has 3 heterocycles. The van der Waals surface area contributed by atoms with Crippen molar-refractivity contribution in [3.63, 3.8) is 0 Å². The molecular formula is C19H17ClN4O2S2. The monoisotopic (exact) mass is 432 g/mol. The van der Waals surface area contributed by atoms with E-state index in [9.17, 15) is 4.79 Å². The second kappa shape index (κ2) is 7.69. The molecule has 0 spiro atoms. The Hall–Kier alpha value is -2.16. The Morgan fingerprint density at radius 1 is 1.21 bits per heavy atom. The first kappa shape index (κ1) is 19.2. The summed E-state index contributed by atoms with van der Waals surface area (Å²) in [5, 5.41) is 5.77. The van der Waals surface area contributed by atoms with Gasteiger partial charge in [0.1, 0.15) is 4.83 Å². The predicted molar refractivity (Wildman–Crippen MR) is 113 cm³/mol. The van der Waals surface area contributed by atoms with Gasteiger partial charge in [-0.05, 0) is 43.7 Å². The Labute approximate surface area is 174 Å². The number of thiophene rings is 1. The maximum absolute atomic E-state index is 13.4. The highest BCUT2D eigenvalue weighted by Gasteiger charge is 2.19. The number of rotatable bonds is 5. The van der Waals surface area contributed by atoms with Crippen molar-refractivity contribution >= 4 is 44.9 Å². The van der Waals surface area contributed by atoms with Gasteiger partial charge in [-0.2, -0.15) is 4.98 Å². The molecule has 4 aromatic rings. The van der Waals surface area contributed by atoms with Crippen LogP contribution >= 0.6 is 34.7 Å². The maximum atomic E-state index is 13.4. The molecule has 0 bridgehead atoms. The van der Waals surface area contributed by atoms with E-state index < -0.39 is 0 Å². The molecule has 0 saturated carbocycles. The van der Waals surface area contributed by atoms with Crippen molar-refractivity contribution in [2.24, 2.45) is 0 Å². The Morgan fingerprint density at radius 2 is 1.96 bits per heavy atom. The van der Waals surface area contributed by atoms with Gasteiger partial charge in [0.2, 0.25) is 5.89 Å². The van der Waals surface area contributed by atoms with Crippen LogP contribution in [0.4, 0.5) is 0 Å². The highest BCUT2D eigenvalue weighted by Crippen LogP contribution is 2.30. The van der Waals surface area contributed by atoms with Crippen LogP contribution in [0.1, 0.15) is 29.1 Å². The van der Waals surface area contributed by atoms with Crippen LogP contribution in [0.5, 0.6) is 0 Å². The lowest BCUT2D eigenvalue weighted by atomic mass is 10.2. The molecule has 0 atom stereocenters. The summed E-state index contributed by atoms with van der Waals surface area (Å²) >= 11 is 8.95. The second-order valence-electron chi connectivity index (χ2n) is 6.22. The van der Waals surface area contributed by atoms with E-state index in [2.05, 4.69) is 10.1 Å². The molecule has 9 heteroatoms. The highest BCUT2D eigenvalue weighted by molar-refractivity contribution is 7.98. The lowest BCUT2D eigenvalue weighted by Gasteiger charge is -2.11. The number of fused-ring (bicyclic) bond motifs is 1. The zero-order valence-electron chi connectivity index (χ0n) is 15.5. The molecule has 0 amide bonds. The molecule has 0 fully saturated rings. The Balaban J connectivity index is 1.84. The van der Waals surface area contributed by atoms with Crippen LogP contribution in [0.15, 0.2) is 38.7 Å². The van der Waals surface area contributed by atoms with Gasteiger partial charge in [-0.25, -0.2) is 4.98 Å². The van der Waals surface area contributed by atoms with Gasteiger partial charge in [0.25, 0.3) is 5.56 Å². The fourth-order valence-electron chi connectivity index (χ4n) is 2.81. The van der Waals surface area contributed by atoms with Crippen molar-refractivity contribution in [2.45, 2.75) is 38.1 Å². The van der Waals surface area contributed by atoms with E-state index in [1.54, 1.807) is 16.7 Å². The predicted octanol–water partition coefficient (Wildman–Crippen LogP) is 4.96. The van der Waals surface area contributed by atoms with E-state index in [1.165, 1.54) is 23.1 Å². The lowest BCUT2D eigenvalue weighted by Crippen LogP contribution is -2.21. The van der Waals surface area contributed by atoms with Gasteiger partial charge in [0.15, 0.2) is 11.0 Å². The fourth-order valence-corrected chi connectivity index (χ4v) is 4.86. The SMILES string of the molecule is CCc1noc(CSc2nc3sc(C)c(C)c3c(=O)n2-c2ccc(Cl)cc2)n1. The van der Waals surface area contributed by atoms with Crippen molar-refractivity contribution in [3.05, 3.63) is 61.8 Å². The molecular weight excluding hydrogens is 416 g/mol. The van der Waals surface area contributed by atoms with Gasteiger partial charge in [-0.3, -0.25) is 9.36 Å². The summed E-state index contributed by atoms with van der Waals surface area (Å²) in [6.45, 7) is 5.93.